The molecule has 11 heteroatoms. The van der Waals surface area contributed by atoms with E-state index in [2.05, 4.69) is 10.6 Å². The Hall–Kier alpha value is -3.15. The number of hydrogen-bond donors (Lipinski definition) is 2. The lowest BCUT2D eigenvalue weighted by Crippen LogP contribution is -2.47. The Bertz CT molecular complexity index is 1180. The van der Waals surface area contributed by atoms with Crippen LogP contribution in [-0.4, -0.2) is 70.6 Å². The number of morpholine rings is 1. The Balaban J connectivity index is 1.82. The number of benzene rings is 2. The minimum atomic E-state index is -3.87. The molecule has 1 heterocycles. The van der Waals surface area contributed by atoms with Crippen LogP contribution in [0.15, 0.2) is 47.4 Å². The Labute approximate surface area is 212 Å². The molecule has 36 heavy (non-hydrogen) atoms. The van der Waals surface area contributed by atoms with Crippen molar-refractivity contribution in [2.24, 2.45) is 5.92 Å². The monoisotopic (exact) mass is 519 g/mol. The minimum Gasteiger partial charge on any atom is -0.495 e. The van der Waals surface area contributed by atoms with E-state index in [1.165, 1.54) is 23.5 Å². The van der Waals surface area contributed by atoms with Crippen molar-refractivity contribution in [1.29, 1.82) is 0 Å². The van der Waals surface area contributed by atoms with Crippen molar-refractivity contribution in [1.82, 2.24) is 9.62 Å². The second-order valence-electron chi connectivity index (χ2n) is 8.50. The normalized spacial score (nSPS) is 15.2. The molecule has 1 fully saturated rings. The fraction of sp³-hybridized carbons (Fsp3) is 0.440. The molecule has 2 aromatic rings. The van der Waals surface area contributed by atoms with Crippen molar-refractivity contribution in [3.8, 4) is 11.5 Å². The first kappa shape index (κ1) is 27.4. The summed E-state index contributed by atoms with van der Waals surface area (Å²) in [6, 6.07) is 10.3. The van der Waals surface area contributed by atoms with E-state index >= 15 is 0 Å². The molecule has 0 saturated carbocycles. The van der Waals surface area contributed by atoms with Crippen LogP contribution in [0.1, 0.15) is 31.1 Å². The molecule has 0 aromatic heterocycles. The molecular formula is C25H33N3O7S. The van der Waals surface area contributed by atoms with Gasteiger partial charge in [0.15, 0.2) is 0 Å². The third kappa shape index (κ3) is 6.34. The lowest BCUT2D eigenvalue weighted by atomic mass is 10.0. The Morgan fingerprint density at radius 3 is 2.42 bits per heavy atom. The highest BCUT2D eigenvalue weighted by Crippen LogP contribution is 2.30. The zero-order valence-corrected chi connectivity index (χ0v) is 21.8. The standard InChI is InChI=1S/C25H33N3O7S/c1-5-35-20-9-7-6-8-19(20)24(29)27-23(17(2)3)25(30)26-18-10-11-21(33-4)22(16-18)36(31,32)28-12-14-34-15-13-28/h6-11,16-17,23H,5,12-15H2,1-4H3,(H,26,30)(H,27,29)/t23-/m0/s1. The zero-order valence-electron chi connectivity index (χ0n) is 20.9. The van der Waals surface area contributed by atoms with Gasteiger partial charge in [-0.1, -0.05) is 26.0 Å². The number of nitrogens with zero attached hydrogens (tertiary/aromatic N) is 1. The maximum absolute atomic E-state index is 13.2. The van der Waals surface area contributed by atoms with E-state index in [9.17, 15) is 18.0 Å². The summed E-state index contributed by atoms with van der Waals surface area (Å²) in [4.78, 5) is 26.1. The predicted molar refractivity (Wildman–Crippen MR) is 135 cm³/mol. The van der Waals surface area contributed by atoms with E-state index in [1.54, 1.807) is 44.2 Å². The van der Waals surface area contributed by atoms with Crippen molar-refractivity contribution < 1.29 is 32.2 Å². The quantitative estimate of drug-likeness (QED) is 0.494. The number of carbonyl (C=O) groups excluding carboxylic acids is 2. The number of sulfonamides is 1. The van der Waals surface area contributed by atoms with E-state index in [0.717, 1.165) is 0 Å². The molecule has 1 atom stereocenters. The molecule has 2 aromatic carbocycles. The van der Waals surface area contributed by atoms with Crippen LogP contribution < -0.4 is 20.1 Å². The van der Waals surface area contributed by atoms with E-state index in [-0.39, 0.29) is 35.3 Å². The zero-order chi connectivity index (χ0) is 26.3. The Kier molecular flexibility index (Phi) is 9.30. The molecule has 2 N–H and O–H groups in total. The van der Waals surface area contributed by atoms with Crippen molar-refractivity contribution in [2.45, 2.75) is 31.7 Å². The smallest absolute Gasteiger partial charge is 0.255 e. The summed E-state index contributed by atoms with van der Waals surface area (Å²) in [6.07, 6.45) is 0. The number of methoxy groups -OCH3 is 1. The average Bonchev–Trinajstić information content (AvgIpc) is 2.87. The molecule has 0 bridgehead atoms. The largest absolute Gasteiger partial charge is 0.495 e. The van der Waals surface area contributed by atoms with Gasteiger partial charge in [-0.05, 0) is 43.2 Å². The lowest BCUT2D eigenvalue weighted by molar-refractivity contribution is -0.118. The Morgan fingerprint density at radius 2 is 1.78 bits per heavy atom. The third-order valence-electron chi connectivity index (χ3n) is 5.69. The molecule has 1 saturated heterocycles. The van der Waals surface area contributed by atoms with Crippen LogP contribution in [0.3, 0.4) is 0 Å². The number of carbonyl (C=O) groups is 2. The van der Waals surface area contributed by atoms with Gasteiger partial charge in [0.2, 0.25) is 15.9 Å². The number of rotatable bonds is 10. The first-order chi connectivity index (χ1) is 17.2. The summed E-state index contributed by atoms with van der Waals surface area (Å²) in [7, 11) is -2.49. The number of para-hydroxylation sites is 1. The lowest BCUT2D eigenvalue weighted by Gasteiger charge is -2.27. The highest BCUT2D eigenvalue weighted by atomic mass is 32.2. The number of ether oxygens (including phenoxy) is 3. The van der Waals surface area contributed by atoms with E-state index < -0.39 is 27.9 Å². The van der Waals surface area contributed by atoms with E-state index in [0.29, 0.717) is 31.1 Å². The molecule has 196 valence electrons. The Morgan fingerprint density at radius 1 is 1.08 bits per heavy atom. The van der Waals surface area contributed by atoms with Crippen LogP contribution in [0.4, 0.5) is 5.69 Å². The molecule has 1 aliphatic heterocycles. The second-order valence-corrected chi connectivity index (χ2v) is 10.4. The molecule has 0 spiro atoms. The summed E-state index contributed by atoms with van der Waals surface area (Å²) in [5.74, 6) is -0.581. The van der Waals surface area contributed by atoms with Gasteiger partial charge in [-0.3, -0.25) is 9.59 Å². The fourth-order valence-corrected chi connectivity index (χ4v) is 5.38. The van der Waals surface area contributed by atoms with Crippen LogP contribution >= 0.6 is 0 Å². The van der Waals surface area contributed by atoms with Crippen molar-refractivity contribution in [2.75, 3.05) is 45.3 Å². The van der Waals surface area contributed by atoms with Crippen molar-refractivity contribution in [3.63, 3.8) is 0 Å². The van der Waals surface area contributed by atoms with E-state index in [4.69, 9.17) is 14.2 Å². The predicted octanol–water partition coefficient (Wildman–Crippen LogP) is 2.51. The second kappa shape index (κ2) is 12.2. The van der Waals surface area contributed by atoms with Crippen LogP contribution in [-0.2, 0) is 19.6 Å². The van der Waals surface area contributed by atoms with E-state index in [1.807, 2.05) is 6.92 Å². The molecule has 1 aliphatic rings. The molecule has 3 rings (SSSR count). The number of anilines is 1. The highest BCUT2D eigenvalue weighted by molar-refractivity contribution is 7.89. The summed E-state index contributed by atoms with van der Waals surface area (Å²) >= 11 is 0. The minimum absolute atomic E-state index is 0.0551. The van der Waals surface area contributed by atoms with Crippen LogP contribution in [0, 0.1) is 5.92 Å². The SMILES string of the molecule is CCOc1ccccc1C(=O)N[C@H](C(=O)Nc1ccc(OC)c(S(=O)(=O)N2CCOCC2)c1)C(C)C. The fourth-order valence-electron chi connectivity index (χ4n) is 3.79. The summed E-state index contributed by atoms with van der Waals surface area (Å²) in [6.45, 7) is 6.90. The molecule has 0 aliphatic carbocycles. The van der Waals surface area contributed by atoms with Gasteiger partial charge >= 0.3 is 0 Å². The first-order valence-corrected chi connectivity index (χ1v) is 13.2. The summed E-state index contributed by atoms with van der Waals surface area (Å²) < 4.78 is 43.9. The van der Waals surface area contributed by atoms with Gasteiger partial charge in [-0.2, -0.15) is 4.31 Å². The topological polar surface area (TPSA) is 123 Å². The highest BCUT2D eigenvalue weighted by Gasteiger charge is 2.31. The van der Waals surface area contributed by atoms with Gasteiger partial charge < -0.3 is 24.8 Å². The molecule has 10 nitrogen and oxygen atoms in total. The third-order valence-corrected chi connectivity index (χ3v) is 7.61. The molecule has 2 amide bonds. The molecule has 0 unspecified atom stereocenters. The number of nitrogens with one attached hydrogen (secondary N) is 2. The summed E-state index contributed by atoms with van der Waals surface area (Å²) in [5, 5.41) is 5.51. The van der Waals surface area contributed by atoms with Crippen molar-refractivity contribution >= 4 is 27.5 Å². The summed E-state index contributed by atoms with van der Waals surface area (Å²) in [5.41, 5.74) is 0.586. The van der Waals surface area contributed by atoms with Gasteiger partial charge in [-0.15, -0.1) is 0 Å². The molecular weight excluding hydrogens is 486 g/mol. The first-order valence-electron chi connectivity index (χ1n) is 11.8. The van der Waals surface area contributed by atoms with Crippen molar-refractivity contribution in [3.05, 3.63) is 48.0 Å². The van der Waals surface area contributed by atoms with Gasteiger partial charge in [0, 0.05) is 18.8 Å². The maximum atomic E-state index is 13.2. The van der Waals surface area contributed by atoms with Crippen LogP contribution in [0.2, 0.25) is 0 Å². The van der Waals surface area contributed by atoms with Gasteiger partial charge in [0.25, 0.3) is 5.91 Å². The number of amides is 2. The molecule has 0 radical (unpaired) electrons. The number of hydrogen-bond acceptors (Lipinski definition) is 7. The van der Waals surface area contributed by atoms with Gasteiger partial charge in [0.1, 0.15) is 22.4 Å². The average molecular weight is 520 g/mol. The maximum Gasteiger partial charge on any atom is 0.255 e. The van der Waals surface area contributed by atoms with Crippen LogP contribution in [0.5, 0.6) is 11.5 Å². The van der Waals surface area contributed by atoms with Gasteiger partial charge in [-0.25, -0.2) is 8.42 Å². The van der Waals surface area contributed by atoms with Crippen LogP contribution in [0.25, 0.3) is 0 Å². The van der Waals surface area contributed by atoms with Gasteiger partial charge in [0.05, 0.1) is 32.5 Å².